The number of halogens is 1. The molecule has 0 spiro atoms. The predicted molar refractivity (Wildman–Crippen MR) is 89.2 cm³/mol. The highest BCUT2D eigenvalue weighted by atomic mass is 79.9. The van der Waals surface area contributed by atoms with E-state index in [0.29, 0.717) is 6.04 Å². The molecule has 1 unspecified atom stereocenters. The van der Waals surface area contributed by atoms with Gasteiger partial charge in [0.2, 0.25) is 0 Å². The van der Waals surface area contributed by atoms with E-state index in [1.54, 1.807) is 14.2 Å². The molecular formula is C16H25BrN2O2. The van der Waals surface area contributed by atoms with E-state index in [4.69, 9.17) is 9.47 Å². The molecule has 0 aliphatic carbocycles. The van der Waals surface area contributed by atoms with Gasteiger partial charge in [0.05, 0.1) is 14.2 Å². The maximum atomic E-state index is 5.36. The van der Waals surface area contributed by atoms with Gasteiger partial charge in [-0.15, -0.1) is 0 Å². The van der Waals surface area contributed by atoms with E-state index in [9.17, 15) is 0 Å². The van der Waals surface area contributed by atoms with Crippen LogP contribution in [0.5, 0.6) is 11.5 Å². The summed E-state index contributed by atoms with van der Waals surface area (Å²) in [6.07, 6.45) is 2.68. The van der Waals surface area contributed by atoms with Crippen molar-refractivity contribution in [3.05, 3.63) is 22.2 Å². The number of benzene rings is 1. The van der Waals surface area contributed by atoms with Crippen LogP contribution >= 0.6 is 15.9 Å². The van der Waals surface area contributed by atoms with Crippen molar-refractivity contribution < 1.29 is 9.47 Å². The third-order valence-electron chi connectivity index (χ3n) is 4.07. The number of nitrogens with zero attached hydrogens (tertiary/aromatic N) is 1. The Balaban J connectivity index is 1.90. The Bertz CT molecular complexity index is 462. The second-order valence-electron chi connectivity index (χ2n) is 5.52. The largest absolute Gasteiger partial charge is 0.493 e. The van der Waals surface area contributed by atoms with Gasteiger partial charge in [-0.25, -0.2) is 0 Å². The van der Waals surface area contributed by atoms with Crippen LogP contribution in [-0.4, -0.2) is 44.8 Å². The van der Waals surface area contributed by atoms with Crippen LogP contribution < -0.4 is 14.8 Å². The van der Waals surface area contributed by atoms with Crippen LogP contribution in [0.1, 0.15) is 25.3 Å². The first-order chi connectivity index (χ1) is 10.2. The van der Waals surface area contributed by atoms with Crippen molar-refractivity contribution >= 4 is 15.9 Å². The third-order valence-corrected chi connectivity index (χ3v) is 4.81. The van der Waals surface area contributed by atoms with E-state index in [1.165, 1.54) is 31.5 Å². The Morgan fingerprint density at radius 1 is 1.19 bits per heavy atom. The monoisotopic (exact) mass is 356 g/mol. The van der Waals surface area contributed by atoms with Crippen molar-refractivity contribution in [2.45, 2.75) is 32.4 Å². The molecule has 1 fully saturated rings. The summed E-state index contributed by atoms with van der Waals surface area (Å²) in [6, 6.07) is 4.57. The summed E-state index contributed by atoms with van der Waals surface area (Å²) in [4.78, 5) is 2.55. The Morgan fingerprint density at radius 3 is 2.43 bits per heavy atom. The fourth-order valence-electron chi connectivity index (χ4n) is 2.76. The first-order valence-corrected chi connectivity index (χ1v) is 8.30. The van der Waals surface area contributed by atoms with Crippen LogP contribution in [0.4, 0.5) is 0 Å². The minimum Gasteiger partial charge on any atom is -0.493 e. The lowest BCUT2D eigenvalue weighted by Gasteiger charge is -2.24. The molecule has 2 rings (SSSR count). The second-order valence-corrected chi connectivity index (χ2v) is 6.38. The van der Waals surface area contributed by atoms with Gasteiger partial charge in [-0.3, -0.25) is 4.90 Å². The molecule has 4 nitrogen and oxygen atoms in total. The Kier molecular flexibility index (Phi) is 6.33. The van der Waals surface area contributed by atoms with Crippen molar-refractivity contribution in [2.75, 3.05) is 33.9 Å². The second kappa shape index (κ2) is 8.01. The van der Waals surface area contributed by atoms with Crippen LogP contribution in [0.25, 0.3) is 0 Å². The van der Waals surface area contributed by atoms with Crippen molar-refractivity contribution in [1.82, 2.24) is 10.2 Å². The molecule has 1 heterocycles. The number of ether oxygens (including phenoxy) is 2. The summed E-state index contributed by atoms with van der Waals surface area (Å²) in [5.41, 5.74) is 1.18. The maximum absolute atomic E-state index is 5.36. The van der Waals surface area contributed by atoms with Crippen LogP contribution in [-0.2, 0) is 6.54 Å². The zero-order valence-electron chi connectivity index (χ0n) is 13.1. The predicted octanol–water partition coefficient (Wildman–Crippen LogP) is 3.04. The average Bonchev–Trinajstić information content (AvgIpc) is 3.02. The quantitative estimate of drug-likeness (QED) is 0.813. The highest BCUT2D eigenvalue weighted by Gasteiger charge is 2.17. The fourth-order valence-corrected chi connectivity index (χ4v) is 3.22. The van der Waals surface area contributed by atoms with E-state index in [1.807, 2.05) is 12.1 Å². The summed E-state index contributed by atoms with van der Waals surface area (Å²) >= 11 is 3.60. The zero-order valence-corrected chi connectivity index (χ0v) is 14.7. The van der Waals surface area contributed by atoms with Gasteiger partial charge in [-0.05, 0) is 50.6 Å². The Hall–Kier alpha value is -0.780. The summed E-state index contributed by atoms with van der Waals surface area (Å²) in [7, 11) is 3.32. The lowest BCUT2D eigenvalue weighted by Crippen LogP contribution is -2.38. The first-order valence-electron chi connectivity index (χ1n) is 7.51. The van der Waals surface area contributed by atoms with Gasteiger partial charge >= 0.3 is 0 Å². The molecule has 1 aliphatic rings. The van der Waals surface area contributed by atoms with Crippen LogP contribution in [0.15, 0.2) is 16.6 Å². The number of likely N-dealkylation sites (tertiary alicyclic amines) is 1. The molecule has 118 valence electrons. The maximum Gasteiger partial charge on any atom is 0.161 e. The minimum absolute atomic E-state index is 0.589. The van der Waals surface area contributed by atoms with Gasteiger partial charge in [0.25, 0.3) is 0 Å². The molecule has 0 bridgehead atoms. The van der Waals surface area contributed by atoms with Gasteiger partial charge in [0, 0.05) is 23.6 Å². The molecule has 1 aliphatic heterocycles. The van der Waals surface area contributed by atoms with Gasteiger partial charge < -0.3 is 14.8 Å². The Morgan fingerprint density at radius 2 is 1.81 bits per heavy atom. The molecule has 1 N–H and O–H groups in total. The molecule has 21 heavy (non-hydrogen) atoms. The minimum atomic E-state index is 0.589. The van der Waals surface area contributed by atoms with E-state index < -0.39 is 0 Å². The van der Waals surface area contributed by atoms with Gasteiger partial charge in [-0.1, -0.05) is 15.9 Å². The standard InChI is InChI=1S/C16H25BrN2O2/c1-12(19-6-4-5-7-19)10-18-11-13-8-15(20-2)16(21-3)9-14(13)17/h8-9,12,18H,4-7,10-11H2,1-3H3. The van der Waals surface area contributed by atoms with Crippen molar-refractivity contribution in [3.63, 3.8) is 0 Å². The van der Waals surface area contributed by atoms with Crippen LogP contribution in [0.2, 0.25) is 0 Å². The van der Waals surface area contributed by atoms with E-state index in [-0.39, 0.29) is 0 Å². The molecule has 0 saturated carbocycles. The molecule has 1 saturated heterocycles. The Labute approximate surface area is 135 Å². The van der Waals surface area contributed by atoms with Crippen LogP contribution in [0, 0.1) is 0 Å². The average molecular weight is 357 g/mol. The molecule has 1 aromatic rings. The smallest absolute Gasteiger partial charge is 0.161 e. The van der Waals surface area contributed by atoms with Gasteiger partial charge in [0.1, 0.15) is 0 Å². The normalized spacial score (nSPS) is 17.0. The molecule has 1 aromatic carbocycles. The lowest BCUT2D eigenvalue weighted by molar-refractivity contribution is 0.251. The zero-order chi connectivity index (χ0) is 15.2. The SMILES string of the molecule is COc1cc(Br)c(CNCC(C)N2CCCC2)cc1OC. The number of hydrogen-bond acceptors (Lipinski definition) is 4. The van der Waals surface area contributed by atoms with E-state index >= 15 is 0 Å². The molecule has 0 aromatic heterocycles. The topological polar surface area (TPSA) is 33.7 Å². The highest BCUT2D eigenvalue weighted by Crippen LogP contribution is 2.33. The molecule has 0 radical (unpaired) electrons. The van der Waals surface area contributed by atoms with Crippen molar-refractivity contribution in [1.29, 1.82) is 0 Å². The summed E-state index contributed by atoms with van der Waals surface area (Å²) in [5, 5.41) is 3.54. The van der Waals surface area contributed by atoms with Crippen molar-refractivity contribution in [3.8, 4) is 11.5 Å². The number of methoxy groups -OCH3 is 2. The summed E-state index contributed by atoms with van der Waals surface area (Å²) in [6.45, 7) is 6.59. The van der Waals surface area contributed by atoms with Gasteiger partial charge in [-0.2, -0.15) is 0 Å². The highest BCUT2D eigenvalue weighted by molar-refractivity contribution is 9.10. The molecule has 1 atom stereocenters. The number of nitrogens with one attached hydrogen (secondary N) is 1. The van der Waals surface area contributed by atoms with E-state index in [2.05, 4.69) is 33.1 Å². The molecular weight excluding hydrogens is 332 g/mol. The fraction of sp³-hybridized carbons (Fsp3) is 0.625. The summed E-state index contributed by atoms with van der Waals surface area (Å²) in [5.74, 6) is 1.52. The van der Waals surface area contributed by atoms with Crippen molar-refractivity contribution in [2.24, 2.45) is 0 Å². The lowest BCUT2D eigenvalue weighted by atomic mass is 10.2. The number of hydrogen-bond donors (Lipinski definition) is 1. The number of rotatable bonds is 7. The van der Waals surface area contributed by atoms with Gasteiger partial charge in [0.15, 0.2) is 11.5 Å². The molecule has 0 amide bonds. The first kappa shape index (κ1) is 16.6. The van der Waals surface area contributed by atoms with Crippen LogP contribution in [0.3, 0.4) is 0 Å². The summed E-state index contributed by atoms with van der Waals surface area (Å²) < 4.78 is 11.7. The third kappa shape index (κ3) is 4.34. The molecule has 5 heteroatoms. The van der Waals surface area contributed by atoms with E-state index in [0.717, 1.165) is 29.1 Å².